The third-order valence-corrected chi connectivity index (χ3v) is 4.14. The molecule has 3 aromatic rings. The number of hydrazine groups is 1. The van der Waals surface area contributed by atoms with E-state index in [9.17, 15) is 9.59 Å². The van der Waals surface area contributed by atoms with E-state index in [0.29, 0.717) is 17.6 Å². The van der Waals surface area contributed by atoms with Gasteiger partial charge in [0.25, 0.3) is 5.91 Å². The lowest BCUT2D eigenvalue weighted by Crippen LogP contribution is -2.42. The molecule has 0 spiro atoms. The van der Waals surface area contributed by atoms with Gasteiger partial charge in [0, 0.05) is 24.0 Å². The highest BCUT2D eigenvalue weighted by atomic mass is 16.2. The molecule has 2 amide bonds. The van der Waals surface area contributed by atoms with Gasteiger partial charge in [0.15, 0.2) is 5.65 Å². The fourth-order valence-corrected chi connectivity index (χ4v) is 2.74. The van der Waals surface area contributed by atoms with E-state index in [4.69, 9.17) is 5.26 Å². The standard InChI is InChI=1S/C18H17N7O2/c1-11-14(12(2)25-17(22-11)13(9-19)10-21-25)6-7-16(26)23-24-18(27)15-5-3-4-8-20-15/h3-5,8,10H,6-7H2,1-2H3,(H,23,26)(H,24,27). The van der Waals surface area contributed by atoms with Crippen molar-refractivity contribution in [1.29, 1.82) is 5.26 Å². The van der Waals surface area contributed by atoms with Crippen molar-refractivity contribution in [3.05, 3.63) is 58.8 Å². The first kappa shape index (κ1) is 18.0. The summed E-state index contributed by atoms with van der Waals surface area (Å²) in [6, 6.07) is 6.99. The van der Waals surface area contributed by atoms with Crippen molar-refractivity contribution in [3.8, 4) is 6.07 Å². The smallest absolute Gasteiger partial charge is 0.273 e. The number of pyridine rings is 1. The van der Waals surface area contributed by atoms with Crippen LogP contribution in [0.1, 0.15) is 39.4 Å². The third-order valence-electron chi connectivity index (χ3n) is 4.14. The van der Waals surface area contributed by atoms with Crippen LogP contribution in [0.2, 0.25) is 0 Å². The topological polar surface area (TPSA) is 125 Å². The van der Waals surface area contributed by atoms with E-state index in [-0.39, 0.29) is 18.0 Å². The Morgan fingerprint density at radius 3 is 2.78 bits per heavy atom. The van der Waals surface area contributed by atoms with Gasteiger partial charge in [-0.3, -0.25) is 25.4 Å². The Morgan fingerprint density at radius 2 is 2.07 bits per heavy atom. The Balaban J connectivity index is 1.64. The molecule has 3 aromatic heterocycles. The molecule has 0 aromatic carbocycles. The molecule has 27 heavy (non-hydrogen) atoms. The number of aryl methyl sites for hydroxylation is 2. The van der Waals surface area contributed by atoms with Crippen LogP contribution in [0.4, 0.5) is 0 Å². The quantitative estimate of drug-likeness (QED) is 0.666. The number of nitrogens with one attached hydrogen (secondary N) is 2. The molecule has 0 saturated carbocycles. The van der Waals surface area contributed by atoms with Crippen molar-refractivity contribution in [2.75, 3.05) is 0 Å². The summed E-state index contributed by atoms with van der Waals surface area (Å²) in [6.07, 6.45) is 3.55. The summed E-state index contributed by atoms with van der Waals surface area (Å²) < 4.78 is 1.60. The predicted molar refractivity (Wildman–Crippen MR) is 95.3 cm³/mol. The Labute approximate surface area is 155 Å². The lowest BCUT2D eigenvalue weighted by atomic mass is 10.1. The number of amides is 2. The number of carbonyl (C=O) groups excluding carboxylic acids is 2. The van der Waals surface area contributed by atoms with E-state index < -0.39 is 5.91 Å². The molecule has 136 valence electrons. The van der Waals surface area contributed by atoms with Gasteiger partial charge in [0.05, 0.1) is 6.20 Å². The third kappa shape index (κ3) is 3.74. The van der Waals surface area contributed by atoms with Crippen LogP contribution >= 0.6 is 0 Å². The number of fused-ring (bicyclic) bond motifs is 1. The summed E-state index contributed by atoms with van der Waals surface area (Å²) in [5, 5.41) is 13.3. The van der Waals surface area contributed by atoms with Crippen molar-refractivity contribution < 1.29 is 9.59 Å². The van der Waals surface area contributed by atoms with E-state index in [2.05, 4.69) is 32.0 Å². The van der Waals surface area contributed by atoms with Crippen molar-refractivity contribution in [2.45, 2.75) is 26.7 Å². The first-order chi connectivity index (χ1) is 13.0. The van der Waals surface area contributed by atoms with Gasteiger partial charge in [0.1, 0.15) is 17.3 Å². The zero-order chi connectivity index (χ0) is 19.4. The van der Waals surface area contributed by atoms with Gasteiger partial charge in [0.2, 0.25) is 5.91 Å². The second-order valence-electron chi connectivity index (χ2n) is 5.88. The molecule has 0 radical (unpaired) electrons. The molecule has 0 aliphatic carbocycles. The average Bonchev–Trinajstić information content (AvgIpc) is 3.09. The SMILES string of the molecule is Cc1nc2c(C#N)cnn2c(C)c1CCC(=O)NNC(=O)c1ccccn1. The van der Waals surface area contributed by atoms with Crippen molar-refractivity contribution in [3.63, 3.8) is 0 Å². The summed E-state index contributed by atoms with van der Waals surface area (Å²) in [5.74, 6) is -0.823. The summed E-state index contributed by atoms with van der Waals surface area (Å²) in [5.41, 5.74) is 8.27. The van der Waals surface area contributed by atoms with E-state index >= 15 is 0 Å². The Kier molecular flexibility index (Phi) is 5.08. The molecule has 9 heteroatoms. The molecule has 3 heterocycles. The van der Waals surface area contributed by atoms with E-state index in [1.54, 1.807) is 22.7 Å². The molecule has 0 bridgehead atoms. The molecule has 0 saturated heterocycles. The number of carbonyl (C=O) groups is 2. The molecular formula is C18H17N7O2. The maximum Gasteiger partial charge on any atom is 0.288 e. The first-order valence-electron chi connectivity index (χ1n) is 8.25. The van der Waals surface area contributed by atoms with Gasteiger partial charge in [-0.25, -0.2) is 9.50 Å². The number of nitrogens with zero attached hydrogens (tertiary/aromatic N) is 5. The summed E-state index contributed by atoms with van der Waals surface area (Å²) in [6.45, 7) is 3.70. The minimum Gasteiger partial charge on any atom is -0.273 e. The second kappa shape index (κ2) is 7.61. The minimum atomic E-state index is -0.486. The fraction of sp³-hybridized carbons (Fsp3) is 0.222. The molecule has 0 aliphatic rings. The van der Waals surface area contributed by atoms with Crippen LogP contribution in [-0.4, -0.2) is 31.4 Å². The van der Waals surface area contributed by atoms with E-state index in [0.717, 1.165) is 17.0 Å². The zero-order valence-electron chi connectivity index (χ0n) is 14.9. The molecule has 0 atom stereocenters. The predicted octanol–water partition coefficient (Wildman–Crippen LogP) is 1.01. The zero-order valence-corrected chi connectivity index (χ0v) is 14.9. The van der Waals surface area contributed by atoms with Gasteiger partial charge in [-0.2, -0.15) is 10.4 Å². The van der Waals surface area contributed by atoms with Gasteiger partial charge in [-0.05, 0) is 38.0 Å². The highest BCUT2D eigenvalue weighted by Crippen LogP contribution is 2.18. The van der Waals surface area contributed by atoms with Crippen LogP contribution in [0.25, 0.3) is 5.65 Å². The van der Waals surface area contributed by atoms with Crippen molar-refractivity contribution >= 4 is 17.5 Å². The average molecular weight is 363 g/mol. The molecule has 0 aliphatic heterocycles. The van der Waals surface area contributed by atoms with Crippen LogP contribution in [0.15, 0.2) is 30.6 Å². The highest BCUT2D eigenvalue weighted by Gasteiger charge is 2.15. The molecule has 0 unspecified atom stereocenters. The highest BCUT2D eigenvalue weighted by molar-refractivity contribution is 5.93. The number of hydrogen-bond acceptors (Lipinski definition) is 6. The monoisotopic (exact) mass is 363 g/mol. The maximum atomic E-state index is 12.1. The Morgan fingerprint density at radius 1 is 1.26 bits per heavy atom. The van der Waals surface area contributed by atoms with Crippen LogP contribution in [0.5, 0.6) is 0 Å². The first-order valence-corrected chi connectivity index (χ1v) is 8.25. The van der Waals surface area contributed by atoms with Gasteiger partial charge >= 0.3 is 0 Å². The maximum absolute atomic E-state index is 12.1. The normalized spacial score (nSPS) is 10.4. The van der Waals surface area contributed by atoms with Crippen molar-refractivity contribution in [2.24, 2.45) is 0 Å². The summed E-state index contributed by atoms with van der Waals surface area (Å²) in [4.78, 5) is 32.3. The molecule has 3 rings (SSSR count). The number of aromatic nitrogens is 4. The van der Waals surface area contributed by atoms with Crippen LogP contribution in [0.3, 0.4) is 0 Å². The number of rotatable bonds is 4. The van der Waals surface area contributed by atoms with Gasteiger partial charge in [-0.15, -0.1) is 0 Å². The van der Waals surface area contributed by atoms with E-state index in [1.807, 2.05) is 13.8 Å². The van der Waals surface area contributed by atoms with Crippen LogP contribution in [0, 0.1) is 25.2 Å². The Bertz CT molecular complexity index is 1050. The number of hydrogen-bond donors (Lipinski definition) is 2. The largest absolute Gasteiger partial charge is 0.288 e. The summed E-state index contributed by atoms with van der Waals surface area (Å²) >= 11 is 0. The number of nitriles is 1. The molecule has 2 N–H and O–H groups in total. The summed E-state index contributed by atoms with van der Waals surface area (Å²) in [7, 11) is 0. The molecule has 0 fully saturated rings. The molecular weight excluding hydrogens is 346 g/mol. The fourth-order valence-electron chi connectivity index (χ4n) is 2.74. The lowest BCUT2D eigenvalue weighted by molar-refractivity contribution is -0.121. The van der Waals surface area contributed by atoms with Crippen LogP contribution in [-0.2, 0) is 11.2 Å². The van der Waals surface area contributed by atoms with Crippen molar-refractivity contribution in [1.82, 2.24) is 30.4 Å². The van der Waals surface area contributed by atoms with Crippen LogP contribution < -0.4 is 10.9 Å². The van der Waals surface area contributed by atoms with E-state index in [1.165, 1.54) is 12.4 Å². The Hall–Kier alpha value is -3.80. The molecule has 9 nitrogen and oxygen atoms in total. The van der Waals surface area contributed by atoms with Gasteiger partial charge in [-0.1, -0.05) is 6.07 Å². The minimum absolute atomic E-state index is 0.156. The lowest BCUT2D eigenvalue weighted by Gasteiger charge is -2.11. The second-order valence-corrected chi connectivity index (χ2v) is 5.88. The van der Waals surface area contributed by atoms with Gasteiger partial charge < -0.3 is 0 Å².